The summed E-state index contributed by atoms with van der Waals surface area (Å²) in [6.45, 7) is 16.5. The molecule has 5 heteroatoms. The summed E-state index contributed by atoms with van der Waals surface area (Å²) in [4.78, 5) is 12.1. The van der Waals surface area contributed by atoms with E-state index in [0.717, 1.165) is 35.6 Å². The first-order valence-corrected chi connectivity index (χ1v) is 11.6. The molecule has 168 valence electrons. The molecular weight excluding hydrogens is 394 g/mol. The Morgan fingerprint density at radius 3 is 2.19 bits per heavy atom. The first kappa shape index (κ1) is 22.3. The number of hydrogen-bond donors (Lipinski definition) is 0. The second-order valence-corrected chi connectivity index (χ2v) is 9.44. The lowest BCUT2D eigenvalue weighted by molar-refractivity contribution is 0.176. The molecule has 0 bridgehead atoms. The van der Waals surface area contributed by atoms with Gasteiger partial charge in [0.15, 0.2) is 0 Å². The predicted octanol–water partition coefficient (Wildman–Crippen LogP) is 5.80. The zero-order valence-electron chi connectivity index (χ0n) is 20.4. The fourth-order valence-electron chi connectivity index (χ4n) is 4.48. The minimum absolute atomic E-state index is 0.508. The summed E-state index contributed by atoms with van der Waals surface area (Å²) in [6.07, 6.45) is 4.86. The van der Waals surface area contributed by atoms with E-state index in [1.807, 2.05) is 12.5 Å². The quantitative estimate of drug-likeness (QED) is 0.373. The molecule has 5 nitrogen and oxygen atoms in total. The summed E-state index contributed by atoms with van der Waals surface area (Å²) < 4.78 is 4.41. The van der Waals surface area contributed by atoms with Crippen molar-refractivity contribution in [1.82, 2.24) is 24.0 Å². The van der Waals surface area contributed by atoms with Crippen LogP contribution in [0, 0.1) is 20.8 Å². The molecule has 2 aromatic heterocycles. The minimum atomic E-state index is 0.508. The number of benzene rings is 2. The van der Waals surface area contributed by atoms with Crippen molar-refractivity contribution in [1.29, 1.82) is 0 Å². The lowest BCUT2D eigenvalue weighted by Gasteiger charge is -2.30. The maximum atomic E-state index is 4.89. The Bertz CT molecular complexity index is 1200. The number of hydrogen-bond acceptors (Lipinski definition) is 3. The van der Waals surface area contributed by atoms with Crippen molar-refractivity contribution in [2.24, 2.45) is 0 Å². The van der Waals surface area contributed by atoms with E-state index < -0.39 is 0 Å². The van der Waals surface area contributed by atoms with Gasteiger partial charge in [-0.15, -0.1) is 0 Å². The Labute approximate surface area is 191 Å². The second kappa shape index (κ2) is 8.91. The molecule has 0 aliphatic carbocycles. The standard InChI is InChI=1S/C27H35N5/c1-18(2)30(19(3)4)13-12-24-16-28-27(32(24)23-10-8-20(5)9-11-23)31-17-29-25-14-21(6)22(7)15-26(25)31/h8-11,14-19H,12-13H2,1-7H3. The molecule has 0 spiro atoms. The predicted molar refractivity (Wildman–Crippen MR) is 133 cm³/mol. The van der Waals surface area contributed by atoms with Crippen molar-refractivity contribution in [3.05, 3.63) is 71.3 Å². The lowest BCUT2D eigenvalue weighted by Crippen LogP contribution is -2.38. The summed E-state index contributed by atoms with van der Waals surface area (Å²) in [5.74, 6) is 0.884. The van der Waals surface area contributed by atoms with Crippen LogP contribution in [0.5, 0.6) is 0 Å². The van der Waals surface area contributed by atoms with E-state index in [9.17, 15) is 0 Å². The molecule has 4 aromatic rings. The second-order valence-electron chi connectivity index (χ2n) is 9.44. The summed E-state index contributed by atoms with van der Waals surface area (Å²) in [6, 6.07) is 14.1. The van der Waals surface area contributed by atoms with Gasteiger partial charge >= 0.3 is 0 Å². The molecule has 2 aromatic carbocycles. The van der Waals surface area contributed by atoms with Gasteiger partial charge in [0.2, 0.25) is 5.95 Å². The highest BCUT2D eigenvalue weighted by atomic mass is 15.3. The van der Waals surface area contributed by atoms with Crippen LogP contribution < -0.4 is 0 Å². The number of nitrogens with zero attached hydrogens (tertiary/aromatic N) is 5. The third-order valence-corrected chi connectivity index (χ3v) is 6.44. The van der Waals surface area contributed by atoms with Crippen LogP contribution in [0.25, 0.3) is 22.7 Å². The number of aromatic nitrogens is 4. The molecule has 0 unspecified atom stereocenters. The summed E-state index contributed by atoms with van der Waals surface area (Å²) in [7, 11) is 0. The normalized spacial score (nSPS) is 12.1. The number of aryl methyl sites for hydroxylation is 3. The van der Waals surface area contributed by atoms with Crippen LogP contribution in [0.3, 0.4) is 0 Å². The van der Waals surface area contributed by atoms with Gasteiger partial charge in [0, 0.05) is 36.4 Å². The molecule has 0 amide bonds. The van der Waals surface area contributed by atoms with E-state index in [0.29, 0.717) is 12.1 Å². The largest absolute Gasteiger partial charge is 0.298 e. The van der Waals surface area contributed by atoms with Gasteiger partial charge in [-0.1, -0.05) is 17.7 Å². The van der Waals surface area contributed by atoms with Crippen LogP contribution in [-0.4, -0.2) is 42.6 Å². The molecule has 0 radical (unpaired) electrons. The van der Waals surface area contributed by atoms with E-state index in [4.69, 9.17) is 4.98 Å². The first-order chi connectivity index (χ1) is 15.3. The van der Waals surface area contributed by atoms with Crippen molar-refractivity contribution in [2.75, 3.05) is 6.54 Å². The highest BCUT2D eigenvalue weighted by molar-refractivity contribution is 5.78. The summed E-state index contributed by atoms with van der Waals surface area (Å²) in [5.41, 5.74) is 8.20. The van der Waals surface area contributed by atoms with Gasteiger partial charge in [-0.3, -0.25) is 14.0 Å². The van der Waals surface area contributed by atoms with Gasteiger partial charge < -0.3 is 0 Å². The molecule has 0 atom stereocenters. The van der Waals surface area contributed by atoms with Gasteiger partial charge in [0.1, 0.15) is 6.33 Å². The summed E-state index contributed by atoms with van der Waals surface area (Å²) in [5, 5.41) is 0. The van der Waals surface area contributed by atoms with E-state index in [1.165, 1.54) is 22.4 Å². The molecule has 0 aliphatic rings. The van der Waals surface area contributed by atoms with Crippen molar-refractivity contribution in [3.8, 4) is 11.6 Å². The highest BCUT2D eigenvalue weighted by Gasteiger charge is 2.19. The Balaban J connectivity index is 1.82. The molecule has 0 aliphatic heterocycles. The molecule has 0 fully saturated rings. The number of rotatable bonds is 7. The first-order valence-electron chi connectivity index (χ1n) is 11.6. The lowest BCUT2D eigenvalue weighted by atomic mass is 10.1. The van der Waals surface area contributed by atoms with Crippen molar-refractivity contribution in [3.63, 3.8) is 0 Å². The molecule has 2 heterocycles. The van der Waals surface area contributed by atoms with Gasteiger partial charge in [-0.25, -0.2) is 9.97 Å². The third kappa shape index (κ3) is 4.22. The maximum Gasteiger partial charge on any atom is 0.220 e. The highest BCUT2D eigenvalue weighted by Crippen LogP contribution is 2.25. The topological polar surface area (TPSA) is 38.9 Å². The molecular formula is C27H35N5. The fraction of sp³-hybridized carbons (Fsp3) is 0.407. The average Bonchev–Trinajstić information content (AvgIpc) is 3.32. The SMILES string of the molecule is Cc1ccc(-n2c(CCN(C(C)C)C(C)C)cnc2-n2cnc3cc(C)c(C)cc32)cc1. The van der Waals surface area contributed by atoms with Crippen LogP contribution in [0.1, 0.15) is 50.1 Å². The third-order valence-electron chi connectivity index (χ3n) is 6.44. The Hall–Kier alpha value is -2.92. The van der Waals surface area contributed by atoms with Crippen LogP contribution in [-0.2, 0) is 6.42 Å². The van der Waals surface area contributed by atoms with Gasteiger partial charge in [-0.2, -0.15) is 0 Å². The van der Waals surface area contributed by atoms with E-state index in [2.05, 4.69) is 104 Å². The van der Waals surface area contributed by atoms with E-state index in [1.54, 1.807) is 0 Å². The summed E-state index contributed by atoms with van der Waals surface area (Å²) >= 11 is 0. The van der Waals surface area contributed by atoms with Crippen molar-refractivity contribution < 1.29 is 0 Å². The van der Waals surface area contributed by atoms with E-state index >= 15 is 0 Å². The van der Waals surface area contributed by atoms with Crippen LogP contribution >= 0.6 is 0 Å². The fourth-order valence-corrected chi connectivity index (χ4v) is 4.48. The molecule has 4 rings (SSSR count). The van der Waals surface area contributed by atoms with Crippen molar-refractivity contribution >= 4 is 11.0 Å². The van der Waals surface area contributed by atoms with Crippen LogP contribution in [0.2, 0.25) is 0 Å². The van der Waals surface area contributed by atoms with Gasteiger partial charge in [0.25, 0.3) is 0 Å². The Kier molecular flexibility index (Phi) is 6.20. The van der Waals surface area contributed by atoms with Crippen LogP contribution in [0.4, 0.5) is 0 Å². The zero-order valence-corrected chi connectivity index (χ0v) is 20.4. The number of imidazole rings is 2. The average molecular weight is 430 g/mol. The monoisotopic (exact) mass is 429 g/mol. The zero-order chi connectivity index (χ0) is 23.0. The molecule has 0 saturated heterocycles. The maximum absolute atomic E-state index is 4.89. The Morgan fingerprint density at radius 1 is 0.875 bits per heavy atom. The van der Waals surface area contributed by atoms with Crippen LogP contribution in [0.15, 0.2) is 48.9 Å². The minimum Gasteiger partial charge on any atom is -0.298 e. The van der Waals surface area contributed by atoms with Gasteiger partial charge in [0.05, 0.1) is 17.2 Å². The molecule has 0 N–H and O–H groups in total. The number of fused-ring (bicyclic) bond motifs is 1. The molecule has 0 saturated carbocycles. The van der Waals surface area contributed by atoms with E-state index in [-0.39, 0.29) is 0 Å². The smallest absolute Gasteiger partial charge is 0.220 e. The van der Waals surface area contributed by atoms with Gasteiger partial charge in [-0.05, 0) is 83.9 Å². The van der Waals surface area contributed by atoms with Crippen molar-refractivity contribution in [2.45, 2.75) is 67.0 Å². The Morgan fingerprint density at radius 2 is 1.53 bits per heavy atom. The molecule has 32 heavy (non-hydrogen) atoms.